The van der Waals surface area contributed by atoms with Crippen molar-refractivity contribution in [1.82, 2.24) is 4.98 Å². The Morgan fingerprint density at radius 1 is 0.667 bits per heavy atom. The summed E-state index contributed by atoms with van der Waals surface area (Å²) in [5.41, 5.74) is 5.55. The molecule has 4 heteroatoms. The molecule has 4 aromatic rings. The predicted octanol–water partition coefficient (Wildman–Crippen LogP) is 5.53. The largest absolute Gasteiger partial charge is 0.493 e. The maximum atomic E-state index is 5.49. The molecule has 1 aromatic heterocycles. The minimum Gasteiger partial charge on any atom is -0.493 e. The maximum Gasteiger partial charge on any atom is 0.203 e. The zero-order valence-corrected chi connectivity index (χ0v) is 15.6. The Bertz CT molecular complexity index is 1070. The first kappa shape index (κ1) is 17.0. The van der Waals surface area contributed by atoms with Crippen molar-refractivity contribution >= 4 is 10.9 Å². The summed E-state index contributed by atoms with van der Waals surface area (Å²) in [6.07, 6.45) is 2.05. The number of rotatable bonds is 5. The van der Waals surface area contributed by atoms with Crippen LogP contribution < -0.4 is 14.2 Å². The van der Waals surface area contributed by atoms with E-state index in [-0.39, 0.29) is 0 Å². The van der Waals surface area contributed by atoms with Crippen LogP contribution in [0, 0.1) is 0 Å². The molecule has 0 saturated carbocycles. The van der Waals surface area contributed by atoms with Crippen LogP contribution >= 0.6 is 0 Å². The second kappa shape index (κ2) is 7.08. The fourth-order valence-electron chi connectivity index (χ4n) is 3.42. The zero-order valence-electron chi connectivity index (χ0n) is 15.6. The van der Waals surface area contributed by atoms with Gasteiger partial charge in [-0.15, -0.1) is 0 Å². The van der Waals surface area contributed by atoms with Gasteiger partial charge in [-0.3, -0.25) is 0 Å². The van der Waals surface area contributed by atoms with Crippen molar-refractivity contribution in [2.24, 2.45) is 0 Å². The molecule has 0 fully saturated rings. The Kier molecular flexibility index (Phi) is 4.47. The SMILES string of the molecule is COc1cc(-c2cccc(-c3c[nH]c4ccccc34)c2)cc(OC)c1OC. The fraction of sp³-hybridized carbons (Fsp3) is 0.130. The second-order valence-electron chi connectivity index (χ2n) is 6.24. The highest BCUT2D eigenvalue weighted by atomic mass is 16.5. The second-order valence-corrected chi connectivity index (χ2v) is 6.24. The molecule has 27 heavy (non-hydrogen) atoms. The van der Waals surface area contributed by atoms with Gasteiger partial charge in [-0.05, 0) is 41.0 Å². The number of H-pyrrole nitrogens is 1. The Morgan fingerprint density at radius 2 is 1.37 bits per heavy atom. The summed E-state index contributed by atoms with van der Waals surface area (Å²) < 4.78 is 16.4. The summed E-state index contributed by atoms with van der Waals surface area (Å²) in [4.78, 5) is 3.34. The molecule has 4 nitrogen and oxygen atoms in total. The van der Waals surface area contributed by atoms with E-state index in [1.54, 1.807) is 21.3 Å². The first-order chi connectivity index (χ1) is 13.2. The van der Waals surface area contributed by atoms with Gasteiger partial charge in [0, 0.05) is 22.7 Å². The van der Waals surface area contributed by atoms with Crippen LogP contribution in [0.3, 0.4) is 0 Å². The van der Waals surface area contributed by atoms with Crippen LogP contribution in [0.25, 0.3) is 33.2 Å². The summed E-state index contributed by atoms with van der Waals surface area (Å²) in [6, 6.07) is 20.7. The normalized spacial score (nSPS) is 10.8. The zero-order chi connectivity index (χ0) is 18.8. The number of ether oxygens (including phenoxy) is 3. The van der Waals surface area contributed by atoms with E-state index in [0.717, 1.165) is 22.2 Å². The average Bonchev–Trinajstić information content (AvgIpc) is 3.17. The number of para-hydroxylation sites is 1. The van der Waals surface area contributed by atoms with Gasteiger partial charge < -0.3 is 19.2 Å². The van der Waals surface area contributed by atoms with Crippen molar-refractivity contribution in [3.8, 4) is 39.5 Å². The number of nitrogens with one attached hydrogen (secondary N) is 1. The summed E-state index contributed by atoms with van der Waals surface area (Å²) in [7, 11) is 4.87. The van der Waals surface area contributed by atoms with Gasteiger partial charge in [0.2, 0.25) is 5.75 Å². The molecule has 1 heterocycles. The lowest BCUT2D eigenvalue weighted by Crippen LogP contribution is -1.95. The molecule has 0 aliphatic heterocycles. The van der Waals surface area contributed by atoms with E-state index >= 15 is 0 Å². The smallest absolute Gasteiger partial charge is 0.203 e. The van der Waals surface area contributed by atoms with Crippen molar-refractivity contribution in [3.63, 3.8) is 0 Å². The Labute approximate surface area is 158 Å². The van der Waals surface area contributed by atoms with E-state index in [1.807, 2.05) is 18.2 Å². The number of hydrogen-bond acceptors (Lipinski definition) is 3. The minimum atomic E-state index is 0.594. The molecule has 0 bridgehead atoms. The van der Waals surface area contributed by atoms with E-state index in [2.05, 4.69) is 53.6 Å². The quantitative estimate of drug-likeness (QED) is 0.510. The Balaban J connectivity index is 1.84. The van der Waals surface area contributed by atoms with Crippen LogP contribution in [0.2, 0.25) is 0 Å². The van der Waals surface area contributed by atoms with Gasteiger partial charge in [0.25, 0.3) is 0 Å². The predicted molar refractivity (Wildman–Crippen MR) is 109 cm³/mol. The first-order valence-electron chi connectivity index (χ1n) is 8.72. The number of aromatic amines is 1. The van der Waals surface area contributed by atoms with E-state index in [0.29, 0.717) is 17.2 Å². The lowest BCUT2D eigenvalue weighted by molar-refractivity contribution is 0.324. The third-order valence-corrected chi connectivity index (χ3v) is 4.76. The number of methoxy groups -OCH3 is 3. The van der Waals surface area contributed by atoms with Gasteiger partial charge in [-0.2, -0.15) is 0 Å². The van der Waals surface area contributed by atoms with Gasteiger partial charge in [0.05, 0.1) is 21.3 Å². The van der Waals surface area contributed by atoms with E-state index in [1.165, 1.54) is 10.9 Å². The summed E-state index contributed by atoms with van der Waals surface area (Å²) in [5, 5.41) is 1.21. The molecule has 0 aliphatic carbocycles. The van der Waals surface area contributed by atoms with Gasteiger partial charge >= 0.3 is 0 Å². The number of fused-ring (bicyclic) bond motifs is 1. The molecule has 0 spiro atoms. The molecule has 136 valence electrons. The highest BCUT2D eigenvalue weighted by Gasteiger charge is 2.15. The highest BCUT2D eigenvalue weighted by molar-refractivity contribution is 5.96. The van der Waals surface area contributed by atoms with Crippen LogP contribution in [0.15, 0.2) is 66.9 Å². The van der Waals surface area contributed by atoms with Gasteiger partial charge in [-0.1, -0.05) is 36.4 Å². The molecule has 0 radical (unpaired) electrons. The van der Waals surface area contributed by atoms with Crippen LogP contribution in [0.1, 0.15) is 0 Å². The van der Waals surface area contributed by atoms with E-state index in [9.17, 15) is 0 Å². The van der Waals surface area contributed by atoms with E-state index in [4.69, 9.17) is 14.2 Å². The lowest BCUT2D eigenvalue weighted by atomic mass is 9.98. The van der Waals surface area contributed by atoms with Crippen LogP contribution in [0.5, 0.6) is 17.2 Å². The fourth-order valence-corrected chi connectivity index (χ4v) is 3.42. The van der Waals surface area contributed by atoms with Crippen molar-refractivity contribution in [1.29, 1.82) is 0 Å². The molecule has 0 amide bonds. The van der Waals surface area contributed by atoms with Gasteiger partial charge in [0.1, 0.15) is 0 Å². The molecule has 0 unspecified atom stereocenters. The average molecular weight is 359 g/mol. The first-order valence-corrected chi connectivity index (χ1v) is 8.72. The van der Waals surface area contributed by atoms with Crippen molar-refractivity contribution in [2.45, 2.75) is 0 Å². The van der Waals surface area contributed by atoms with Gasteiger partial charge in [0.15, 0.2) is 11.5 Å². The van der Waals surface area contributed by atoms with Crippen molar-refractivity contribution < 1.29 is 14.2 Å². The third kappa shape index (κ3) is 2.99. The monoisotopic (exact) mass is 359 g/mol. The summed E-state index contributed by atoms with van der Waals surface area (Å²) >= 11 is 0. The van der Waals surface area contributed by atoms with Crippen LogP contribution in [0.4, 0.5) is 0 Å². The van der Waals surface area contributed by atoms with Crippen molar-refractivity contribution in [3.05, 3.63) is 66.9 Å². The number of benzene rings is 3. The molecular weight excluding hydrogens is 338 g/mol. The van der Waals surface area contributed by atoms with Gasteiger partial charge in [-0.25, -0.2) is 0 Å². The molecule has 4 rings (SSSR count). The Morgan fingerprint density at radius 3 is 2.07 bits per heavy atom. The third-order valence-electron chi connectivity index (χ3n) is 4.76. The maximum absolute atomic E-state index is 5.49. The molecule has 0 saturated heterocycles. The van der Waals surface area contributed by atoms with Crippen molar-refractivity contribution in [2.75, 3.05) is 21.3 Å². The summed E-state index contributed by atoms with van der Waals surface area (Å²) in [5.74, 6) is 1.88. The number of hydrogen-bond donors (Lipinski definition) is 1. The molecule has 0 aliphatic rings. The topological polar surface area (TPSA) is 43.5 Å². The van der Waals surface area contributed by atoms with Crippen LogP contribution in [-0.2, 0) is 0 Å². The molecule has 1 N–H and O–H groups in total. The number of aromatic nitrogens is 1. The lowest BCUT2D eigenvalue weighted by Gasteiger charge is -2.14. The van der Waals surface area contributed by atoms with Crippen LogP contribution in [-0.4, -0.2) is 26.3 Å². The Hall–Kier alpha value is -3.40. The minimum absolute atomic E-state index is 0.594. The van der Waals surface area contributed by atoms with E-state index < -0.39 is 0 Å². The molecule has 3 aromatic carbocycles. The molecular formula is C23H21NO3. The highest BCUT2D eigenvalue weighted by Crippen LogP contribution is 2.42. The summed E-state index contributed by atoms with van der Waals surface area (Å²) in [6.45, 7) is 0. The molecule has 0 atom stereocenters. The standard InChI is InChI=1S/C23H21NO3/c1-25-21-12-17(13-22(26-2)23(21)27-3)15-7-6-8-16(11-15)19-14-24-20-10-5-4-9-18(19)20/h4-14,24H,1-3H3.